The van der Waals surface area contributed by atoms with Gasteiger partial charge in [0.05, 0.1) is 17.7 Å². The zero-order valence-electron chi connectivity index (χ0n) is 19.1. The number of pyridine rings is 1. The first kappa shape index (κ1) is 21.2. The molecule has 4 heterocycles. The molecular formula is C25H22FN7O2. The lowest BCUT2D eigenvalue weighted by Gasteiger charge is -2.10. The summed E-state index contributed by atoms with van der Waals surface area (Å²) < 4.78 is 24.2. The number of nitrogens with one attached hydrogen (secondary N) is 1. The van der Waals surface area contributed by atoms with Crippen molar-refractivity contribution in [3.8, 4) is 17.2 Å². The Balaban J connectivity index is 1.30. The second-order valence-corrected chi connectivity index (χ2v) is 8.92. The largest absolute Gasteiger partial charge is 0.451 e. The van der Waals surface area contributed by atoms with E-state index >= 15 is 0 Å². The molecule has 0 spiro atoms. The van der Waals surface area contributed by atoms with Crippen molar-refractivity contribution in [3.63, 3.8) is 0 Å². The lowest BCUT2D eigenvalue weighted by molar-refractivity contribution is 0.0998. The van der Waals surface area contributed by atoms with E-state index in [1.54, 1.807) is 41.5 Å². The van der Waals surface area contributed by atoms with Crippen molar-refractivity contribution in [2.75, 3.05) is 5.32 Å². The van der Waals surface area contributed by atoms with Gasteiger partial charge >= 0.3 is 0 Å². The molecule has 0 aliphatic heterocycles. The minimum absolute atomic E-state index is 0.0481. The number of hydrogen-bond donors (Lipinski definition) is 1. The molecule has 4 aromatic heterocycles. The van der Waals surface area contributed by atoms with E-state index in [9.17, 15) is 9.18 Å². The molecule has 0 unspecified atom stereocenters. The van der Waals surface area contributed by atoms with E-state index in [1.807, 2.05) is 24.6 Å². The van der Waals surface area contributed by atoms with Crippen molar-refractivity contribution >= 4 is 22.7 Å². The molecule has 0 radical (unpaired) electrons. The van der Waals surface area contributed by atoms with Crippen molar-refractivity contribution in [1.29, 1.82) is 0 Å². The highest BCUT2D eigenvalue weighted by Crippen LogP contribution is 2.39. The lowest BCUT2D eigenvalue weighted by Crippen LogP contribution is -2.12. The Kier molecular flexibility index (Phi) is 4.94. The van der Waals surface area contributed by atoms with Crippen LogP contribution >= 0.6 is 0 Å². The van der Waals surface area contributed by atoms with E-state index < -0.39 is 11.7 Å². The van der Waals surface area contributed by atoms with Crippen molar-refractivity contribution < 1.29 is 13.6 Å². The van der Waals surface area contributed by atoms with Crippen LogP contribution in [0.5, 0.6) is 0 Å². The fourth-order valence-corrected chi connectivity index (χ4v) is 4.11. The molecule has 176 valence electrons. The van der Waals surface area contributed by atoms with Gasteiger partial charge in [0.1, 0.15) is 29.2 Å². The summed E-state index contributed by atoms with van der Waals surface area (Å²) in [4.78, 5) is 21.9. The Labute approximate surface area is 199 Å². The predicted molar refractivity (Wildman–Crippen MR) is 127 cm³/mol. The third-order valence-electron chi connectivity index (χ3n) is 6.05. The van der Waals surface area contributed by atoms with Crippen molar-refractivity contribution in [2.24, 2.45) is 0 Å². The molecule has 1 fully saturated rings. The van der Waals surface area contributed by atoms with Gasteiger partial charge in [0, 0.05) is 23.5 Å². The maximum atomic E-state index is 14.8. The third kappa shape index (κ3) is 3.86. The highest BCUT2D eigenvalue weighted by atomic mass is 19.1. The lowest BCUT2D eigenvalue weighted by atomic mass is 10.2. The average molecular weight is 471 g/mol. The Bertz CT molecular complexity index is 1560. The van der Waals surface area contributed by atoms with Crippen LogP contribution in [0, 0.1) is 5.82 Å². The molecule has 0 saturated heterocycles. The number of rotatable bonds is 6. The number of benzene rings is 1. The van der Waals surface area contributed by atoms with Crippen LogP contribution in [0.1, 0.15) is 54.9 Å². The molecule has 9 nitrogen and oxygen atoms in total. The van der Waals surface area contributed by atoms with Crippen LogP contribution in [0.3, 0.4) is 0 Å². The smallest absolute Gasteiger partial charge is 0.292 e. The molecule has 1 aliphatic carbocycles. The van der Waals surface area contributed by atoms with Gasteiger partial charge in [-0.3, -0.25) is 4.79 Å². The number of nitrogens with zero attached hydrogens (tertiary/aromatic N) is 6. The summed E-state index contributed by atoms with van der Waals surface area (Å²) in [6.07, 6.45) is 7.29. The van der Waals surface area contributed by atoms with Crippen LogP contribution in [0.4, 0.5) is 10.2 Å². The summed E-state index contributed by atoms with van der Waals surface area (Å²) in [5.41, 5.74) is 2.23. The summed E-state index contributed by atoms with van der Waals surface area (Å²) in [7, 11) is 0. The molecule has 1 aromatic carbocycles. The van der Waals surface area contributed by atoms with E-state index in [0.717, 1.165) is 18.5 Å². The van der Waals surface area contributed by atoms with Gasteiger partial charge < -0.3 is 18.9 Å². The van der Waals surface area contributed by atoms with Crippen molar-refractivity contribution in [1.82, 2.24) is 29.3 Å². The molecule has 0 atom stereocenters. The standard InChI is InChI=1S/C25H22FN7O2/c1-14(2)33-13-28-31-24(33)18-4-3-5-22(29-18)30-25(34)21-10-16-20(35-21)9-8-17(26)23(16)32-11-19(27-12-32)15-6-7-15/h3-5,8-15H,6-7H2,1-2H3,(H,29,30,34). The Hall–Kier alpha value is -4.34. The van der Waals surface area contributed by atoms with E-state index in [2.05, 4.69) is 25.5 Å². The fraction of sp³-hybridized carbons (Fsp3) is 0.240. The number of carbonyl (C=O) groups is 1. The van der Waals surface area contributed by atoms with Crippen LogP contribution in [0.2, 0.25) is 0 Å². The average Bonchev–Trinajstić information content (AvgIpc) is 3.25. The topological polar surface area (TPSA) is 104 Å². The molecule has 6 rings (SSSR count). The van der Waals surface area contributed by atoms with E-state index in [4.69, 9.17) is 4.42 Å². The summed E-state index contributed by atoms with van der Waals surface area (Å²) in [6.45, 7) is 4.04. The first-order valence-electron chi connectivity index (χ1n) is 11.4. The summed E-state index contributed by atoms with van der Waals surface area (Å²) >= 11 is 0. The molecule has 1 saturated carbocycles. The minimum atomic E-state index is -0.494. The third-order valence-corrected chi connectivity index (χ3v) is 6.05. The van der Waals surface area contributed by atoms with Crippen LogP contribution in [0.25, 0.3) is 28.2 Å². The second-order valence-electron chi connectivity index (χ2n) is 8.92. The van der Waals surface area contributed by atoms with Gasteiger partial charge in [-0.25, -0.2) is 14.4 Å². The molecule has 5 aromatic rings. The van der Waals surface area contributed by atoms with Gasteiger partial charge in [-0.1, -0.05) is 6.07 Å². The van der Waals surface area contributed by atoms with Gasteiger partial charge in [-0.05, 0) is 57.0 Å². The van der Waals surface area contributed by atoms with E-state index in [0.29, 0.717) is 39.9 Å². The number of imidazole rings is 1. The molecular weight excluding hydrogens is 449 g/mol. The highest BCUT2D eigenvalue weighted by Gasteiger charge is 2.27. The fourth-order valence-electron chi connectivity index (χ4n) is 4.11. The molecule has 35 heavy (non-hydrogen) atoms. The van der Waals surface area contributed by atoms with Crippen LogP contribution in [-0.2, 0) is 0 Å². The molecule has 1 N–H and O–H groups in total. The number of aromatic nitrogens is 6. The normalized spacial score (nSPS) is 13.6. The number of halogens is 1. The van der Waals surface area contributed by atoms with Gasteiger partial charge in [-0.15, -0.1) is 10.2 Å². The minimum Gasteiger partial charge on any atom is -0.451 e. The Morgan fingerprint density at radius 1 is 1.20 bits per heavy atom. The van der Waals surface area contributed by atoms with Gasteiger partial charge in [0.2, 0.25) is 0 Å². The first-order valence-corrected chi connectivity index (χ1v) is 11.4. The van der Waals surface area contributed by atoms with Gasteiger partial charge in [0.15, 0.2) is 11.6 Å². The van der Waals surface area contributed by atoms with Crippen LogP contribution in [-0.4, -0.2) is 35.2 Å². The zero-order chi connectivity index (χ0) is 24.1. The molecule has 0 bridgehead atoms. The first-order chi connectivity index (χ1) is 17.0. The van der Waals surface area contributed by atoms with E-state index in [1.165, 1.54) is 12.1 Å². The van der Waals surface area contributed by atoms with Crippen LogP contribution < -0.4 is 5.32 Å². The van der Waals surface area contributed by atoms with Gasteiger partial charge in [0.25, 0.3) is 5.91 Å². The number of carbonyl (C=O) groups excluding carboxylic acids is 1. The summed E-state index contributed by atoms with van der Waals surface area (Å²) in [6, 6.07) is 9.79. The monoisotopic (exact) mass is 471 g/mol. The number of hydrogen-bond acceptors (Lipinski definition) is 6. The van der Waals surface area contributed by atoms with Crippen LogP contribution in [0.15, 0.2) is 59.7 Å². The highest BCUT2D eigenvalue weighted by molar-refractivity contribution is 6.05. The SMILES string of the molecule is CC(C)n1cnnc1-c1cccc(NC(=O)c2cc3c(-n4cnc(C5CC5)c4)c(F)ccc3o2)n1. The van der Waals surface area contributed by atoms with Gasteiger partial charge in [-0.2, -0.15) is 0 Å². The summed E-state index contributed by atoms with van der Waals surface area (Å²) in [5.74, 6) is 0.515. The second kappa shape index (κ2) is 8.15. The maximum absolute atomic E-state index is 14.8. The number of anilines is 1. The molecule has 10 heteroatoms. The molecule has 1 aliphatic rings. The summed E-state index contributed by atoms with van der Waals surface area (Å²) in [5, 5.41) is 11.4. The Morgan fingerprint density at radius 2 is 2.06 bits per heavy atom. The number of furan rings is 1. The zero-order valence-corrected chi connectivity index (χ0v) is 19.1. The number of fused-ring (bicyclic) bond motifs is 1. The Morgan fingerprint density at radius 3 is 2.86 bits per heavy atom. The van der Waals surface area contributed by atoms with Crippen molar-refractivity contribution in [3.05, 3.63) is 72.5 Å². The molecule has 1 amide bonds. The van der Waals surface area contributed by atoms with Crippen molar-refractivity contribution in [2.45, 2.75) is 38.6 Å². The maximum Gasteiger partial charge on any atom is 0.292 e. The predicted octanol–water partition coefficient (Wildman–Crippen LogP) is 5.12. The number of amides is 1. The quantitative estimate of drug-likeness (QED) is 0.369. The van der Waals surface area contributed by atoms with E-state index in [-0.39, 0.29) is 11.8 Å².